The lowest BCUT2D eigenvalue weighted by Crippen LogP contribution is -2.54. The molecule has 0 radical (unpaired) electrons. The molecule has 0 unspecified atom stereocenters. The predicted octanol–water partition coefficient (Wildman–Crippen LogP) is 3.74. The van der Waals surface area contributed by atoms with Crippen LogP contribution in [0.25, 0.3) is 11.3 Å². The van der Waals surface area contributed by atoms with Crippen LogP contribution in [0.4, 0.5) is 10.5 Å². The number of benzene rings is 1. The SMILES string of the molecule is Cc1nc(-c2cccc(NC(=O)O[C@@H]3C[C@H]4C(=O)N[C@]5(C(=O)NS(=O)(=O)C6CC6)C[C@H]5/C=C\CCCCN(C)C(=O)[C@@H]4C3)c2)cs1. The van der Waals surface area contributed by atoms with Gasteiger partial charge in [0, 0.05) is 36.1 Å². The van der Waals surface area contributed by atoms with Crippen LogP contribution in [0.1, 0.15) is 56.4 Å². The van der Waals surface area contributed by atoms with Crippen LogP contribution in [0, 0.1) is 24.7 Å². The number of sulfonamides is 1. The summed E-state index contributed by atoms with van der Waals surface area (Å²) in [6.07, 6.45) is 6.17. The third kappa shape index (κ3) is 6.97. The maximum absolute atomic E-state index is 13.9. The number of nitrogens with zero attached hydrogens (tertiary/aromatic N) is 2. The van der Waals surface area contributed by atoms with Crippen molar-refractivity contribution in [3.63, 3.8) is 0 Å². The molecule has 14 heteroatoms. The van der Waals surface area contributed by atoms with Gasteiger partial charge in [-0.25, -0.2) is 18.2 Å². The molecule has 246 valence electrons. The minimum atomic E-state index is -3.83. The smallest absolute Gasteiger partial charge is 0.411 e. The summed E-state index contributed by atoms with van der Waals surface area (Å²) in [4.78, 5) is 60.0. The maximum atomic E-state index is 13.9. The summed E-state index contributed by atoms with van der Waals surface area (Å²) in [7, 11) is -2.13. The van der Waals surface area contributed by atoms with Crippen molar-refractivity contribution in [2.24, 2.45) is 17.8 Å². The van der Waals surface area contributed by atoms with E-state index in [9.17, 15) is 27.6 Å². The molecule has 3 fully saturated rings. The molecule has 3 saturated carbocycles. The van der Waals surface area contributed by atoms with Crippen LogP contribution in [-0.4, -0.2) is 72.6 Å². The molecule has 1 aromatic carbocycles. The quantitative estimate of drug-likeness (QED) is 0.392. The summed E-state index contributed by atoms with van der Waals surface area (Å²) in [5, 5.41) is 7.87. The average molecular weight is 670 g/mol. The van der Waals surface area contributed by atoms with Crippen molar-refractivity contribution in [2.75, 3.05) is 18.9 Å². The first kappa shape index (κ1) is 32.2. The molecule has 2 heterocycles. The van der Waals surface area contributed by atoms with E-state index >= 15 is 0 Å². The van der Waals surface area contributed by atoms with Crippen LogP contribution in [0.15, 0.2) is 41.8 Å². The zero-order chi connectivity index (χ0) is 32.6. The first-order chi connectivity index (χ1) is 21.9. The highest BCUT2D eigenvalue weighted by atomic mass is 32.2. The van der Waals surface area contributed by atoms with Crippen LogP contribution in [0.5, 0.6) is 0 Å². The molecule has 0 bridgehead atoms. The molecule has 5 atom stereocenters. The summed E-state index contributed by atoms with van der Waals surface area (Å²) in [6, 6.07) is 7.23. The van der Waals surface area contributed by atoms with Crippen molar-refractivity contribution in [1.82, 2.24) is 19.9 Å². The fraction of sp³-hybridized carbons (Fsp3) is 0.531. The number of hydrogen-bond donors (Lipinski definition) is 3. The molecular formula is C32H39N5O7S2. The lowest BCUT2D eigenvalue weighted by Gasteiger charge is -2.26. The van der Waals surface area contributed by atoms with Crippen molar-refractivity contribution in [3.05, 3.63) is 46.8 Å². The van der Waals surface area contributed by atoms with Gasteiger partial charge in [-0.05, 0) is 70.4 Å². The monoisotopic (exact) mass is 669 g/mol. The number of aryl methyl sites for hydroxylation is 1. The van der Waals surface area contributed by atoms with Crippen LogP contribution in [0.3, 0.4) is 0 Å². The van der Waals surface area contributed by atoms with Gasteiger partial charge in [-0.15, -0.1) is 11.3 Å². The van der Waals surface area contributed by atoms with Crippen LogP contribution in [-0.2, 0) is 29.1 Å². The Morgan fingerprint density at radius 2 is 1.93 bits per heavy atom. The van der Waals surface area contributed by atoms with Gasteiger partial charge in [0.15, 0.2) is 0 Å². The number of rotatable bonds is 6. The molecule has 6 rings (SSSR count). The number of hydrogen-bond acceptors (Lipinski definition) is 9. The van der Waals surface area contributed by atoms with E-state index in [4.69, 9.17) is 4.74 Å². The van der Waals surface area contributed by atoms with Crippen molar-refractivity contribution >= 4 is 50.9 Å². The molecule has 4 aliphatic rings. The Bertz CT molecular complexity index is 1670. The summed E-state index contributed by atoms with van der Waals surface area (Å²) in [5.41, 5.74) is 0.736. The number of ether oxygens (including phenoxy) is 1. The number of anilines is 1. The number of carbonyl (C=O) groups excluding carboxylic acids is 4. The van der Waals surface area contributed by atoms with Gasteiger partial charge in [0.2, 0.25) is 21.8 Å². The van der Waals surface area contributed by atoms with E-state index in [1.807, 2.05) is 30.5 Å². The molecule has 2 aromatic rings. The zero-order valence-corrected chi connectivity index (χ0v) is 27.5. The van der Waals surface area contributed by atoms with E-state index in [0.29, 0.717) is 25.1 Å². The van der Waals surface area contributed by atoms with Gasteiger partial charge in [0.25, 0.3) is 5.91 Å². The van der Waals surface area contributed by atoms with E-state index in [1.54, 1.807) is 30.1 Å². The van der Waals surface area contributed by atoms with E-state index in [1.165, 1.54) is 11.3 Å². The minimum absolute atomic E-state index is 0.0835. The minimum Gasteiger partial charge on any atom is -0.446 e. The van der Waals surface area contributed by atoms with Gasteiger partial charge >= 0.3 is 6.09 Å². The highest BCUT2D eigenvalue weighted by Crippen LogP contribution is 2.47. The van der Waals surface area contributed by atoms with Gasteiger partial charge in [-0.1, -0.05) is 24.3 Å². The van der Waals surface area contributed by atoms with Crippen molar-refractivity contribution in [1.29, 1.82) is 0 Å². The molecule has 1 aliphatic heterocycles. The number of thiazole rings is 1. The topological polar surface area (TPSA) is 164 Å². The fourth-order valence-corrected chi connectivity index (χ4v) is 8.43. The third-order valence-corrected chi connectivity index (χ3v) is 11.9. The Balaban J connectivity index is 1.18. The van der Waals surface area contributed by atoms with Crippen LogP contribution < -0.4 is 15.4 Å². The normalized spacial score (nSPS) is 29.0. The number of aromatic nitrogens is 1. The third-order valence-electron chi connectivity index (χ3n) is 9.29. The number of amides is 4. The lowest BCUT2D eigenvalue weighted by molar-refractivity contribution is -0.140. The van der Waals surface area contributed by atoms with E-state index in [2.05, 4.69) is 20.3 Å². The van der Waals surface area contributed by atoms with Gasteiger partial charge in [-0.2, -0.15) is 0 Å². The number of allylic oxidation sites excluding steroid dienone is 1. The molecule has 46 heavy (non-hydrogen) atoms. The second-order valence-electron chi connectivity index (χ2n) is 12.8. The van der Waals surface area contributed by atoms with Gasteiger partial charge in [0.05, 0.1) is 27.8 Å². The van der Waals surface area contributed by atoms with Gasteiger partial charge < -0.3 is 15.0 Å². The molecule has 1 aromatic heterocycles. The van der Waals surface area contributed by atoms with Crippen LogP contribution in [0.2, 0.25) is 0 Å². The Labute approximate surface area is 272 Å². The number of fused-ring (bicyclic) bond motifs is 2. The Morgan fingerprint density at radius 3 is 2.67 bits per heavy atom. The highest BCUT2D eigenvalue weighted by Gasteiger charge is 2.62. The Kier molecular flexibility index (Phi) is 8.94. The first-order valence-corrected chi connectivity index (χ1v) is 18.2. The summed E-state index contributed by atoms with van der Waals surface area (Å²) in [6.45, 7) is 2.44. The largest absolute Gasteiger partial charge is 0.446 e. The molecule has 0 saturated heterocycles. The van der Waals surface area contributed by atoms with E-state index < -0.39 is 56.7 Å². The number of carbonyl (C=O) groups is 4. The molecule has 12 nitrogen and oxygen atoms in total. The predicted molar refractivity (Wildman–Crippen MR) is 172 cm³/mol. The molecule has 4 amide bonds. The van der Waals surface area contributed by atoms with Crippen molar-refractivity contribution in [2.45, 2.75) is 75.2 Å². The fourth-order valence-electron chi connectivity index (χ4n) is 6.44. The standard InChI is InChI=1S/C32H39N5O7S2/c1-19-33-27(18-45-19)20-8-7-10-22(14-20)34-31(41)44-23-15-25-26(16-23)29(39)37(2)13-6-4-3-5-9-21-17-32(21,35-28(25)38)30(40)36-46(42,43)24-11-12-24/h5,7-10,14,18,21,23-26H,3-4,6,11-13,15-17H2,1-2H3,(H,34,41)(H,35,38)(H,36,40)/b9-5-/t21-,23-,25-,26-,32-/m1/s1. The number of nitrogens with one attached hydrogen (secondary N) is 3. The zero-order valence-electron chi connectivity index (χ0n) is 25.9. The Morgan fingerprint density at radius 1 is 1.15 bits per heavy atom. The van der Waals surface area contributed by atoms with E-state index in [0.717, 1.165) is 35.5 Å². The summed E-state index contributed by atoms with van der Waals surface area (Å²) >= 11 is 1.53. The molecule has 3 N–H and O–H groups in total. The summed E-state index contributed by atoms with van der Waals surface area (Å²) in [5.74, 6) is -3.53. The van der Waals surface area contributed by atoms with Crippen molar-refractivity contribution < 1.29 is 32.3 Å². The second kappa shape index (κ2) is 12.8. The lowest BCUT2D eigenvalue weighted by atomic mass is 9.93. The van der Waals surface area contributed by atoms with Crippen molar-refractivity contribution in [3.8, 4) is 11.3 Å². The molecule has 3 aliphatic carbocycles. The molecule has 0 spiro atoms. The second-order valence-corrected chi connectivity index (χ2v) is 15.8. The highest BCUT2D eigenvalue weighted by molar-refractivity contribution is 7.91. The maximum Gasteiger partial charge on any atom is 0.411 e. The van der Waals surface area contributed by atoms with Gasteiger partial charge in [0.1, 0.15) is 11.6 Å². The van der Waals surface area contributed by atoms with Gasteiger partial charge in [-0.3, -0.25) is 24.4 Å². The van der Waals surface area contributed by atoms with E-state index in [-0.39, 0.29) is 31.1 Å². The Hall–Kier alpha value is -3.78. The molecular weight excluding hydrogens is 631 g/mol. The van der Waals surface area contributed by atoms with Crippen LogP contribution >= 0.6 is 11.3 Å². The summed E-state index contributed by atoms with van der Waals surface area (Å²) < 4.78 is 33.2. The first-order valence-electron chi connectivity index (χ1n) is 15.7. The average Bonchev–Trinajstić information content (AvgIpc) is 3.90.